The van der Waals surface area contributed by atoms with Gasteiger partial charge in [-0.15, -0.1) is 0 Å². The van der Waals surface area contributed by atoms with E-state index < -0.39 is 5.82 Å². The Morgan fingerprint density at radius 3 is 2.91 bits per heavy atom. The summed E-state index contributed by atoms with van der Waals surface area (Å²) in [5, 5.41) is 10.7. The van der Waals surface area contributed by atoms with Gasteiger partial charge in [-0.25, -0.2) is 4.39 Å². The minimum absolute atomic E-state index is 0.0168. The summed E-state index contributed by atoms with van der Waals surface area (Å²) in [7, 11) is 0. The number of hydrogen-bond acceptors (Lipinski definition) is 6. The van der Waals surface area contributed by atoms with Crippen molar-refractivity contribution >= 4 is 17.8 Å². The summed E-state index contributed by atoms with van der Waals surface area (Å²) < 4.78 is 25.1. The molecule has 0 amide bonds. The molecule has 0 radical (unpaired) electrons. The first kappa shape index (κ1) is 22.0. The fraction of sp³-hybridized carbons (Fsp3) is 0.360. The molecule has 2 aliphatic rings. The Hall–Kier alpha value is -3.19. The molecular weight excluding hydrogens is 413 g/mol. The summed E-state index contributed by atoms with van der Waals surface area (Å²) in [6.07, 6.45) is 2.98. The third-order valence-electron chi connectivity index (χ3n) is 5.92. The number of halogens is 1. The van der Waals surface area contributed by atoms with Crippen LogP contribution in [0, 0.1) is 18.7 Å². The molecule has 1 saturated heterocycles. The van der Waals surface area contributed by atoms with Crippen molar-refractivity contribution in [2.75, 3.05) is 19.7 Å². The predicted molar refractivity (Wildman–Crippen MR) is 117 cm³/mol. The number of hydrogen-bond donors (Lipinski definition) is 1. The van der Waals surface area contributed by atoms with Crippen LogP contribution in [0.3, 0.4) is 0 Å². The predicted octanol–water partition coefficient (Wildman–Crippen LogP) is 4.23. The fourth-order valence-corrected chi connectivity index (χ4v) is 4.34. The highest BCUT2D eigenvalue weighted by Gasteiger charge is 2.35. The molecule has 1 atom stereocenters. The number of nitrogens with zero attached hydrogens (tertiary/aromatic N) is 1. The van der Waals surface area contributed by atoms with E-state index >= 15 is 0 Å². The molecule has 32 heavy (non-hydrogen) atoms. The van der Waals surface area contributed by atoms with Gasteiger partial charge in [0.25, 0.3) is 0 Å². The van der Waals surface area contributed by atoms with E-state index in [1.165, 1.54) is 12.1 Å². The van der Waals surface area contributed by atoms with Crippen molar-refractivity contribution in [1.82, 2.24) is 4.90 Å². The van der Waals surface area contributed by atoms with Crippen LogP contribution in [0.25, 0.3) is 6.08 Å². The molecule has 168 valence electrons. The highest BCUT2D eigenvalue weighted by molar-refractivity contribution is 6.15. The molecule has 0 saturated carbocycles. The molecule has 2 aromatic carbocycles. The van der Waals surface area contributed by atoms with E-state index in [1.54, 1.807) is 38.1 Å². The Morgan fingerprint density at radius 2 is 2.16 bits per heavy atom. The number of fused-ring (bicyclic) bond motifs is 1. The number of rotatable bonds is 5. The Balaban J connectivity index is 1.62. The van der Waals surface area contributed by atoms with Gasteiger partial charge in [-0.05, 0) is 57.0 Å². The van der Waals surface area contributed by atoms with E-state index in [-0.39, 0.29) is 34.7 Å². The van der Waals surface area contributed by atoms with Gasteiger partial charge in [-0.2, -0.15) is 0 Å². The maximum atomic E-state index is 14.1. The average molecular weight is 439 g/mol. The zero-order valence-corrected chi connectivity index (χ0v) is 18.2. The lowest BCUT2D eigenvalue weighted by molar-refractivity contribution is -0.150. The Bertz CT molecular complexity index is 1090. The van der Waals surface area contributed by atoms with E-state index in [0.29, 0.717) is 42.1 Å². The van der Waals surface area contributed by atoms with Crippen LogP contribution in [0.4, 0.5) is 4.39 Å². The number of phenols is 1. The van der Waals surface area contributed by atoms with Gasteiger partial charge >= 0.3 is 5.97 Å². The smallest absolute Gasteiger partial charge is 0.310 e. The van der Waals surface area contributed by atoms with Crippen molar-refractivity contribution in [2.24, 2.45) is 5.92 Å². The normalized spacial score (nSPS) is 19.7. The van der Waals surface area contributed by atoms with Crippen molar-refractivity contribution in [3.05, 3.63) is 64.2 Å². The largest absolute Gasteiger partial charge is 0.507 e. The molecular formula is C25H26FNO5. The first-order valence-corrected chi connectivity index (χ1v) is 10.8. The second-order valence-electron chi connectivity index (χ2n) is 8.18. The lowest BCUT2D eigenvalue weighted by atomic mass is 9.96. The maximum Gasteiger partial charge on any atom is 0.310 e. The zero-order chi connectivity index (χ0) is 22.8. The van der Waals surface area contributed by atoms with Crippen LogP contribution in [0.1, 0.15) is 46.8 Å². The summed E-state index contributed by atoms with van der Waals surface area (Å²) >= 11 is 0. The minimum Gasteiger partial charge on any atom is -0.507 e. The van der Waals surface area contributed by atoms with Crippen molar-refractivity contribution in [2.45, 2.75) is 33.2 Å². The Kier molecular flexibility index (Phi) is 6.28. The number of allylic oxidation sites excluding steroid dienone is 1. The van der Waals surface area contributed by atoms with Crippen LogP contribution < -0.4 is 4.74 Å². The number of carbonyl (C=O) groups is 2. The van der Waals surface area contributed by atoms with Gasteiger partial charge in [0.2, 0.25) is 5.78 Å². The molecule has 1 unspecified atom stereocenters. The van der Waals surface area contributed by atoms with Gasteiger partial charge in [0, 0.05) is 18.7 Å². The molecule has 6 nitrogen and oxygen atoms in total. The van der Waals surface area contributed by atoms with Crippen LogP contribution in [0.15, 0.2) is 36.1 Å². The molecule has 2 aromatic rings. The second-order valence-corrected chi connectivity index (χ2v) is 8.18. The number of aromatic hydroxyl groups is 1. The molecule has 0 aliphatic carbocycles. The molecule has 7 heteroatoms. The zero-order valence-electron chi connectivity index (χ0n) is 18.2. The standard InChI is InChI=1S/C25H26FNO5/c1-3-31-25(30)17-8-6-10-27(13-17)14-18-20(28)11-15(2)22-23(29)21(32-24(18)22)12-16-7-4-5-9-19(16)26/h4-5,7,9,11-12,17,28H,3,6,8,10,13-14H2,1-2H3/b21-12-. The van der Waals surface area contributed by atoms with Crippen molar-refractivity contribution in [1.29, 1.82) is 0 Å². The van der Waals surface area contributed by atoms with Crippen molar-refractivity contribution in [3.8, 4) is 11.5 Å². The molecule has 1 fully saturated rings. The fourth-order valence-electron chi connectivity index (χ4n) is 4.34. The lowest BCUT2D eigenvalue weighted by Gasteiger charge is -2.31. The summed E-state index contributed by atoms with van der Waals surface area (Å²) in [6.45, 7) is 5.44. The maximum absolute atomic E-state index is 14.1. The Labute approximate surface area is 186 Å². The number of Topliss-reactive ketones (excluding diaryl/α,β-unsaturated/α-hetero) is 1. The number of benzene rings is 2. The molecule has 1 N–H and O–H groups in total. The number of likely N-dealkylation sites (tertiary alicyclic amines) is 1. The molecule has 2 heterocycles. The van der Waals surface area contributed by atoms with E-state index in [2.05, 4.69) is 4.90 Å². The topological polar surface area (TPSA) is 76.1 Å². The average Bonchev–Trinajstić information content (AvgIpc) is 3.09. The van der Waals surface area contributed by atoms with Crippen molar-refractivity contribution in [3.63, 3.8) is 0 Å². The number of aryl methyl sites for hydroxylation is 1. The molecule has 0 bridgehead atoms. The van der Waals surface area contributed by atoms with Gasteiger partial charge in [0.05, 0.1) is 23.7 Å². The summed E-state index contributed by atoms with van der Waals surface area (Å²) in [5.74, 6) is -0.882. The van der Waals surface area contributed by atoms with Crippen LogP contribution in [0.5, 0.6) is 11.5 Å². The number of esters is 1. The van der Waals surface area contributed by atoms with Gasteiger partial charge in [-0.1, -0.05) is 18.2 Å². The second kappa shape index (κ2) is 9.12. The summed E-state index contributed by atoms with van der Waals surface area (Å²) in [6, 6.07) is 7.69. The van der Waals surface area contributed by atoms with Gasteiger partial charge in [0.15, 0.2) is 5.76 Å². The monoisotopic (exact) mass is 439 g/mol. The quantitative estimate of drug-likeness (QED) is 0.555. The highest BCUT2D eigenvalue weighted by atomic mass is 19.1. The van der Waals surface area contributed by atoms with Gasteiger partial charge < -0.3 is 14.6 Å². The van der Waals surface area contributed by atoms with E-state index in [1.807, 2.05) is 0 Å². The van der Waals surface area contributed by atoms with Crippen LogP contribution >= 0.6 is 0 Å². The molecule has 2 aliphatic heterocycles. The molecule has 0 aromatic heterocycles. The lowest BCUT2D eigenvalue weighted by Crippen LogP contribution is -2.39. The number of carbonyl (C=O) groups excluding carboxylic acids is 2. The SMILES string of the molecule is CCOC(=O)C1CCCN(Cc2c(O)cc(C)c3c2O/C(=C\c2ccccc2F)C3=O)C1. The first-order chi connectivity index (χ1) is 15.4. The molecule has 4 rings (SSSR count). The van der Waals surface area contributed by atoms with Crippen molar-refractivity contribution < 1.29 is 28.6 Å². The van der Waals surface area contributed by atoms with E-state index in [0.717, 1.165) is 19.4 Å². The van der Waals surface area contributed by atoms with Crippen LogP contribution in [-0.4, -0.2) is 41.5 Å². The van der Waals surface area contributed by atoms with E-state index in [9.17, 15) is 19.1 Å². The van der Waals surface area contributed by atoms with Gasteiger partial charge in [0.1, 0.15) is 17.3 Å². The third kappa shape index (κ3) is 4.25. The number of piperidine rings is 1. The van der Waals surface area contributed by atoms with E-state index in [4.69, 9.17) is 9.47 Å². The first-order valence-electron chi connectivity index (χ1n) is 10.8. The summed E-state index contributed by atoms with van der Waals surface area (Å²) in [4.78, 5) is 27.3. The number of phenolic OH excluding ortho intramolecular Hbond substituents is 1. The Morgan fingerprint density at radius 1 is 1.38 bits per heavy atom. The van der Waals surface area contributed by atoms with Gasteiger partial charge in [-0.3, -0.25) is 14.5 Å². The van der Waals surface area contributed by atoms with Crippen LogP contribution in [0.2, 0.25) is 0 Å². The molecule has 0 spiro atoms. The minimum atomic E-state index is -0.453. The number of ketones is 1. The third-order valence-corrected chi connectivity index (χ3v) is 5.92. The summed E-state index contributed by atoms with van der Waals surface area (Å²) in [5.41, 5.74) is 1.70. The highest BCUT2D eigenvalue weighted by Crippen LogP contribution is 2.42. The van der Waals surface area contributed by atoms with Crippen LogP contribution in [-0.2, 0) is 16.1 Å². The number of ether oxygens (including phenoxy) is 2.